The van der Waals surface area contributed by atoms with Crippen LogP contribution in [0.3, 0.4) is 0 Å². The molecule has 136 valence electrons. The number of hydrogen-bond donors (Lipinski definition) is 3. The lowest BCUT2D eigenvalue weighted by Crippen LogP contribution is -2.43. The third-order valence-electron chi connectivity index (χ3n) is 4.10. The largest absolute Gasteiger partial charge is 0.454 e. The van der Waals surface area contributed by atoms with Crippen molar-refractivity contribution >= 4 is 17.5 Å². The Labute approximate surface area is 150 Å². The molecule has 0 aliphatic carbocycles. The summed E-state index contributed by atoms with van der Waals surface area (Å²) in [6, 6.07) is 12.1. The number of rotatable bonds is 4. The van der Waals surface area contributed by atoms with Crippen LogP contribution in [0, 0.1) is 6.92 Å². The average Bonchev–Trinajstić information content (AvgIpc) is 3.09. The van der Waals surface area contributed by atoms with Crippen molar-refractivity contribution in [2.24, 2.45) is 0 Å². The number of fused-ring (bicyclic) bond motifs is 1. The van der Waals surface area contributed by atoms with Crippen molar-refractivity contribution in [1.29, 1.82) is 0 Å². The Kier molecular flexibility index (Phi) is 4.81. The van der Waals surface area contributed by atoms with Crippen molar-refractivity contribution in [3.05, 3.63) is 53.6 Å². The van der Waals surface area contributed by atoms with E-state index in [0.717, 1.165) is 5.56 Å². The van der Waals surface area contributed by atoms with Gasteiger partial charge in [-0.1, -0.05) is 23.8 Å². The number of ether oxygens (including phenoxy) is 2. The van der Waals surface area contributed by atoms with Crippen LogP contribution >= 0.6 is 0 Å². The van der Waals surface area contributed by atoms with Gasteiger partial charge in [-0.25, -0.2) is 0 Å². The van der Waals surface area contributed by atoms with E-state index in [-0.39, 0.29) is 13.3 Å². The Morgan fingerprint density at radius 2 is 1.77 bits per heavy atom. The summed E-state index contributed by atoms with van der Waals surface area (Å²) < 4.78 is 10.5. The fraction of sp³-hybridized carbons (Fsp3) is 0.263. The molecule has 3 N–H and O–H groups in total. The molecule has 1 aliphatic heterocycles. The molecule has 26 heavy (non-hydrogen) atoms. The monoisotopic (exact) mass is 356 g/mol. The highest BCUT2D eigenvalue weighted by molar-refractivity contribution is 6.39. The van der Waals surface area contributed by atoms with Crippen LogP contribution < -0.4 is 20.1 Å². The van der Waals surface area contributed by atoms with Crippen molar-refractivity contribution in [3.8, 4) is 11.5 Å². The quantitative estimate of drug-likeness (QED) is 0.725. The number of aryl methyl sites for hydroxylation is 1. The second-order valence-electron chi connectivity index (χ2n) is 6.34. The van der Waals surface area contributed by atoms with Crippen LogP contribution in [0.15, 0.2) is 42.5 Å². The number of aliphatic hydroxyl groups is 1. The van der Waals surface area contributed by atoms with Crippen LogP contribution in [-0.4, -0.2) is 30.3 Å². The number of benzene rings is 2. The molecule has 2 aromatic rings. The Balaban J connectivity index is 1.59. The number of carbonyl (C=O) groups excluding carboxylic acids is 2. The summed E-state index contributed by atoms with van der Waals surface area (Å²) in [6.45, 7) is 3.48. The van der Waals surface area contributed by atoms with Crippen LogP contribution in [-0.2, 0) is 15.2 Å². The van der Waals surface area contributed by atoms with Crippen LogP contribution in [0.4, 0.5) is 5.69 Å². The maximum Gasteiger partial charge on any atom is 0.313 e. The van der Waals surface area contributed by atoms with Gasteiger partial charge in [-0.2, -0.15) is 0 Å². The third-order valence-corrected chi connectivity index (χ3v) is 4.10. The Morgan fingerprint density at radius 1 is 1.08 bits per heavy atom. The number of amides is 2. The zero-order chi connectivity index (χ0) is 18.7. The molecule has 2 aromatic carbocycles. The van der Waals surface area contributed by atoms with Crippen LogP contribution in [0.1, 0.15) is 18.1 Å². The molecule has 0 aromatic heterocycles. The molecule has 7 nitrogen and oxygen atoms in total. The maximum absolute atomic E-state index is 12.0. The SMILES string of the molecule is Cc1ccc(NC(=O)C(=O)NCC(C)(O)c2ccc3c(c2)OCO3)cc1. The number of carbonyl (C=O) groups is 2. The Morgan fingerprint density at radius 3 is 2.50 bits per heavy atom. The molecule has 0 bridgehead atoms. The highest BCUT2D eigenvalue weighted by Crippen LogP contribution is 2.35. The van der Waals surface area contributed by atoms with Crippen molar-refractivity contribution in [1.82, 2.24) is 5.32 Å². The van der Waals surface area contributed by atoms with Gasteiger partial charge in [0.2, 0.25) is 6.79 Å². The molecule has 1 atom stereocenters. The summed E-state index contributed by atoms with van der Waals surface area (Å²) >= 11 is 0. The van der Waals surface area contributed by atoms with E-state index >= 15 is 0 Å². The van der Waals surface area contributed by atoms with Crippen molar-refractivity contribution in [3.63, 3.8) is 0 Å². The zero-order valence-electron chi connectivity index (χ0n) is 14.5. The molecule has 2 amide bonds. The summed E-state index contributed by atoms with van der Waals surface area (Å²) in [5.74, 6) is -0.487. The molecule has 7 heteroatoms. The zero-order valence-corrected chi connectivity index (χ0v) is 14.5. The lowest BCUT2D eigenvalue weighted by molar-refractivity contribution is -0.136. The molecule has 1 aliphatic rings. The Hall–Kier alpha value is -3.06. The minimum absolute atomic E-state index is 0.132. The molecule has 1 unspecified atom stereocenters. The number of nitrogens with one attached hydrogen (secondary N) is 2. The molecule has 0 radical (unpaired) electrons. The predicted octanol–water partition coefficient (Wildman–Crippen LogP) is 1.69. The molecular formula is C19H20N2O5. The predicted molar refractivity (Wildman–Crippen MR) is 95.0 cm³/mol. The van der Waals surface area contributed by atoms with E-state index in [1.54, 1.807) is 37.3 Å². The highest BCUT2D eigenvalue weighted by Gasteiger charge is 2.27. The summed E-state index contributed by atoms with van der Waals surface area (Å²) in [5.41, 5.74) is 0.743. The van der Waals surface area contributed by atoms with Crippen LogP contribution in [0.2, 0.25) is 0 Å². The second kappa shape index (κ2) is 7.05. The fourth-order valence-electron chi connectivity index (χ4n) is 2.49. The standard InChI is InChI=1S/C19H20N2O5/c1-12-3-6-14(7-4-12)21-18(23)17(22)20-10-19(2,24)13-5-8-15-16(9-13)26-11-25-15/h3-9,24H,10-11H2,1-2H3,(H,20,22)(H,21,23). The van der Waals surface area contributed by atoms with Crippen molar-refractivity contribution in [2.45, 2.75) is 19.4 Å². The molecule has 0 spiro atoms. The summed E-state index contributed by atoms with van der Waals surface area (Å²) in [7, 11) is 0. The third kappa shape index (κ3) is 3.94. The van der Waals surface area contributed by atoms with Crippen LogP contribution in [0.5, 0.6) is 11.5 Å². The fourth-order valence-corrected chi connectivity index (χ4v) is 2.49. The van der Waals surface area contributed by atoms with E-state index in [4.69, 9.17) is 9.47 Å². The Bertz CT molecular complexity index is 830. The summed E-state index contributed by atoms with van der Waals surface area (Å²) in [5, 5.41) is 15.6. The van der Waals surface area contributed by atoms with Gasteiger partial charge in [-0.05, 0) is 43.7 Å². The smallest absolute Gasteiger partial charge is 0.313 e. The minimum atomic E-state index is -1.37. The lowest BCUT2D eigenvalue weighted by Gasteiger charge is -2.24. The first-order chi connectivity index (χ1) is 12.3. The van der Waals surface area contributed by atoms with E-state index < -0.39 is 17.4 Å². The van der Waals surface area contributed by atoms with Crippen molar-refractivity contribution < 1.29 is 24.2 Å². The summed E-state index contributed by atoms with van der Waals surface area (Å²) in [4.78, 5) is 24.0. The van der Waals surface area contributed by atoms with Gasteiger partial charge in [-0.3, -0.25) is 9.59 Å². The van der Waals surface area contributed by atoms with E-state index in [1.165, 1.54) is 0 Å². The molecule has 1 heterocycles. The molecule has 0 saturated carbocycles. The van der Waals surface area contributed by atoms with Crippen LogP contribution in [0.25, 0.3) is 0 Å². The lowest BCUT2D eigenvalue weighted by atomic mass is 9.95. The van der Waals surface area contributed by atoms with E-state index in [2.05, 4.69) is 10.6 Å². The maximum atomic E-state index is 12.0. The molecular weight excluding hydrogens is 336 g/mol. The van der Waals surface area contributed by atoms with Gasteiger partial charge in [-0.15, -0.1) is 0 Å². The summed E-state index contributed by atoms with van der Waals surface area (Å²) in [6.07, 6.45) is 0. The van der Waals surface area contributed by atoms with Gasteiger partial charge in [0.05, 0.1) is 6.54 Å². The van der Waals surface area contributed by atoms with Gasteiger partial charge in [0.25, 0.3) is 0 Å². The van der Waals surface area contributed by atoms with Gasteiger partial charge in [0.1, 0.15) is 5.60 Å². The highest BCUT2D eigenvalue weighted by atomic mass is 16.7. The second-order valence-corrected chi connectivity index (χ2v) is 6.34. The molecule has 0 saturated heterocycles. The number of anilines is 1. The van der Waals surface area contributed by atoms with E-state index in [0.29, 0.717) is 22.7 Å². The van der Waals surface area contributed by atoms with Gasteiger partial charge >= 0.3 is 11.8 Å². The first-order valence-corrected chi connectivity index (χ1v) is 8.13. The first-order valence-electron chi connectivity index (χ1n) is 8.13. The molecule has 0 fully saturated rings. The minimum Gasteiger partial charge on any atom is -0.454 e. The van der Waals surface area contributed by atoms with E-state index in [9.17, 15) is 14.7 Å². The van der Waals surface area contributed by atoms with Gasteiger partial charge in [0, 0.05) is 5.69 Å². The topological polar surface area (TPSA) is 96.9 Å². The normalized spacial score (nSPS) is 14.4. The average molecular weight is 356 g/mol. The van der Waals surface area contributed by atoms with Gasteiger partial charge < -0.3 is 25.2 Å². The number of hydrogen-bond acceptors (Lipinski definition) is 5. The van der Waals surface area contributed by atoms with Gasteiger partial charge in [0.15, 0.2) is 11.5 Å². The molecule has 3 rings (SSSR count). The van der Waals surface area contributed by atoms with E-state index in [1.807, 2.05) is 19.1 Å². The van der Waals surface area contributed by atoms with Crippen molar-refractivity contribution in [2.75, 3.05) is 18.7 Å². The first kappa shape index (κ1) is 17.8.